The first-order chi connectivity index (χ1) is 10.3. The van der Waals surface area contributed by atoms with E-state index in [0.29, 0.717) is 6.04 Å². The molecule has 1 heterocycles. The topological polar surface area (TPSA) is 68.2 Å². The monoisotopic (exact) mass is 308 g/mol. The smallest absolute Gasteiger partial charge is 0.407 e. The number of carbonyl (C=O) groups excluding carboxylic acids is 1. The first kappa shape index (κ1) is 16.8. The van der Waals surface area contributed by atoms with Crippen molar-refractivity contribution in [2.24, 2.45) is 7.05 Å². The molecule has 1 aliphatic rings. The van der Waals surface area contributed by atoms with Crippen LogP contribution in [0.15, 0.2) is 12.3 Å². The maximum atomic E-state index is 11.8. The van der Waals surface area contributed by atoms with Gasteiger partial charge in [0.2, 0.25) is 0 Å². The SMILES string of the molecule is Cn1nccc1CCNC1CCC(NC(=O)OC(C)(C)C)C1. The van der Waals surface area contributed by atoms with Gasteiger partial charge in [-0.3, -0.25) is 4.68 Å². The highest BCUT2D eigenvalue weighted by molar-refractivity contribution is 5.68. The lowest BCUT2D eigenvalue weighted by molar-refractivity contribution is 0.0505. The van der Waals surface area contributed by atoms with E-state index in [-0.39, 0.29) is 12.1 Å². The zero-order chi connectivity index (χ0) is 16.2. The summed E-state index contributed by atoms with van der Waals surface area (Å²) in [5.74, 6) is 0. The molecule has 1 amide bonds. The normalized spacial score (nSPS) is 21.8. The first-order valence-electron chi connectivity index (χ1n) is 8.03. The number of rotatable bonds is 5. The number of hydrogen-bond acceptors (Lipinski definition) is 4. The third kappa shape index (κ3) is 5.33. The summed E-state index contributed by atoms with van der Waals surface area (Å²) in [4.78, 5) is 11.8. The lowest BCUT2D eigenvalue weighted by Gasteiger charge is -2.21. The van der Waals surface area contributed by atoms with Crippen LogP contribution >= 0.6 is 0 Å². The highest BCUT2D eigenvalue weighted by atomic mass is 16.6. The van der Waals surface area contributed by atoms with Gasteiger partial charge in [-0.15, -0.1) is 0 Å². The fourth-order valence-electron chi connectivity index (χ4n) is 2.82. The zero-order valence-electron chi connectivity index (χ0n) is 14.1. The van der Waals surface area contributed by atoms with Gasteiger partial charge in [-0.25, -0.2) is 4.79 Å². The number of carbonyl (C=O) groups is 1. The number of amides is 1. The molecular formula is C16H28N4O2. The standard InChI is InChI=1S/C16H28N4O2/c1-16(2,3)22-15(21)19-13-6-5-12(11-13)17-9-7-14-8-10-18-20(14)4/h8,10,12-13,17H,5-7,9,11H2,1-4H3,(H,19,21). The van der Waals surface area contributed by atoms with Crippen LogP contribution in [0, 0.1) is 0 Å². The predicted octanol–water partition coefficient (Wildman–Crippen LogP) is 2.00. The summed E-state index contributed by atoms with van der Waals surface area (Å²) in [5.41, 5.74) is 0.789. The molecule has 0 radical (unpaired) electrons. The summed E-state index contributed by atoms with van der Waals surface area (Å²) in [6, 6.07) is 2.72. The van der Waals surface area contributed by atoms with E-state index in [0.717, 1.165) is 32.2 Å². The van der Waals surface area contributed by atoms with E-state index < -0.39 is 5.60 Å². The number of aromatic nitrogens is 2. The van der Waals surface area contributed by atoms with Gasteiger partial charge in [0.15, 0.2) is 0 Å². The van der Waals surface area contributed by atoms with Crippen LogP contribution in [0.1, 0.15) is 45.7 Å². The average Bonchev–Trinajstić information content (AvgIpc) is 2.97. The molecule has 0 aromatic carbocycles. The first-order valence-corrected chi connectivity index (χ1v) is 8.03. The summed E-state index contributed by atoms with van der Waals surface area (Å²) in [5, 5.41) is 10.7. The van der Waals surface area contributed by atoms with Crippen molar-refractivity contribution in [2.75, 3.05) is 6.54 Å². The minimum absolute atomic E-state index is 0.212. The van der Waals surface area contributed by atoms with Gasteiger partial charge in [0.1, 0.15) is 5.60 Å². The molecule has 2 rings (SSSR count). The Bertz CT molecular complexity index is 493. The summed E-state index contributed by atoms with van der Waals surface area (Å²) in [7, 11) is 1.96. The molecule has 124 valence electrons. The van der Waals surface area contributed by atoms with Crippen molar-refractivity contribution in [3.63, 3.8) is 0 Å². The van der Waals surface area contributed by atoms with Crippen LogP contribution in [-0.2, 0) is 18.2 Å². The Labute approximate surface area is 132 Å². The van der Waals surface area contributed by atoms with Crippen molar-refractivity contribution in [3.8, 4) is 0 Å². The Morgan fingerprint density at radius 2 is 2.14 bits per heavy atom. The van der Waals surface area contributed by atoms with Gasteiger partial charge < -0.3 is 15.4 Å². The number of alkyl carbamates (subject to hydrolysis) is 1. The van der Waals surface area contributed by atoms with Crippen molar-refractivity contribution < 1.29 is 9.53 Å². The van der Waals surface area contributed by atoms with Crippen LogP contribution in [0.3, 0.4) is 0 Å². The maximum Gasteiger partial charge on any atom is 0.407 e. The Hall–Kier alpha value is -1.56. The molecule has 2 atom stereocenters. The summed E-state index contributed by atoms with van der Waals surface area (Å²) in [6.45, 7) is 6.57. The van der Waals surface area contributed by atoms with Gasteiger partial charge >= 0.3 is 6.09 Å². The van der Waals surface area contributed by atoms with Gasteiger partial charge in [0.05, 0.1) is 0 Å². The van der Waals surface area contributed by atoms with Gasteiger partial charge in [0.25, 0.3) is 0 Å². The highest BCUT2D eigenvalue weighted by Gasteiger charge is 2.27. The molecule has 6 nitrogen and oxygen atoms in total. The van der Waals surface area contributed by atoms with Gasteiger partial charge in [-0.1, -0.05) is 0 Å². The molecule has 0 aliphatic heterocycles. The number of nitrogens with one attached hydrogen (secondary N) is 2. The number of nitrogens with zero attached hydrogens (tertiary/aromatic N) is 2. The molecule has 0 saturated heterocycles. The predicted molar refractivity (Wildman–Crippen MR) is 85.7 cm³/mol. The summed E-state index contributed by atoms with van der Waals surface area (Å²) < 4.78 is 7.20. The Balaban J connectivity index is 1.65. The molecule has 1 aromatic heterocycles. The molecule has 1 aliphatic carbocycles. The second kappa shape index (κ2) is 7.13. The lowest BCUT2D eigenvalue weighted by atomic mass is 10.2. The van der Waals surface area contributed by atoms with Gasteiger partial charge in [0, 0.05) is 44.0 Å². The zero-order valence-corrected chi connectivity index (χ0v) is 14.1. The molecular weight excluding hydrogens is 280 g/mol. The van der Waals surface area contributed by atoms with Crippen LogP contribution in [0.4, 0.5) is 4.79 Å². The molecule has 1 aromatic rings. The van der Waals surface area contributed by atoms with E-state index in [4.69, 9.17) is 4.74 Å². The molecule has 0 bridgehead atoms. The van der Waals surface area contributed by atoms with Crippen molar-refractivity contribution in [1.29, 1.82) is 0 Å². The largest absolute Gasteiger partial charge is 0.444 e. The maximum absolute atomic E-state index is 11.8. The molecule has 0 spiro atoms. The fraction of sp³-hybridized carbons (Fsp3) is 0.750. The van der Waals surface area contributed by atoms with Crippen molar-refractivity contribution in [1.82, 2.24) is 20.4 Å². The van der Waals surface area contributed by atoms with E-state index in [1.807, 2.05) is 44.8 Å². The van der Waals surface area contributed by atoms with Crippen LogP contribution < -0.4 is 10.6 Å². The number of aryl methyl sites for hydroxylation is 1. The van der Waals surface area contributed by atoms with E-state index in [9.17, 15) is 4.79 Å². The number of ether oxygens (including phenoxy) is 1. The minimum atomic E-state index is -0.441. The second-order valence-electron chi connectivity index (χ2n) is 7.00. The average molecular weight is 308 g/mol. The third-order valence-corrected chi connectivity index (χ3v) is 3.89. The molecule has 1 fully saturated rings. The van der Waals surface area contributed by atoms with E-state index in [1.54, 1.807) is 0 Å². The van der Waals surface area contributed by atoms with Crippen molar-refractivity contribution in [3.05, 3.63) is 18.0 Å². The van der Waals surface area contributed by atoms with Crippen LogP contribution in [0.25, 0.3) is 0 Å². The fourth-order valence-corrected chi connectivity index (χ4v) is 2.82. The third-order valence-electron chi connectivity index (χ3n) is 3.89. The molecule has 22 heavy (non-hydrogen) atoms. The van der Waals surface area contributed by atoms with Gasteiger partial charge in [-0.2, -0.15) is 5.10 Å². The Morgan fingerprint density at radius 1 is 1.41 bits per heavy atom. The molecule has 2 unspecified atom stereocenters. The number of hydrogen-bond donors (Lipinski definition) is 2. The quantitative estimate of drug-likeness (QED) is 0.873. The Morgan fingerprint density at radius 3 is 2.77 bits per heavy atom. The van der Waals surface area contributed by atoms with E-state index in [1.165, 1.54) is 5.69 Å². The van der Waals surface area contributed by atoms with Crippen LogP contribution in [0.2, 0.25) is 0 Å². The molecule has 6 heteroatoms. The summed E-state index contributed by atoms with van der Waals surface area (Å²) in [6.07, 6.45) is 5.54. The van der Waals surface area contributed by atoms with Crippen LogP contribution in [0.5, 0.6) is 0 Å². The second-order valence-corrected chi connectivity index (χ2v) is 7.00. The van der Waals surface area contributed by atoms with Crippen LogP contribution in [-0.4, -0.2) is 40.1 Å². The van der Waals surface area contributed by atoms with Crippen molar-refractivity contribution >= 4 is 6.09 Å². The minimum Gasteiger partial charge on any atom is -0.444 e. The Kier molecular flexibility index (Phi) is 5.45. The van der Waals surface area contributed by atoms with E-state index in [2.05, 4.69) is 15.7 Å². The van der Waals surface area contributed by atoms with Crippen molar-refractivity contribution in [2.45, 2.75) is 64.1 Å². The lowest BCUT2D eigenvalue weighted by Crippen LogP contribution is -2.39. The summed E-state index contributed by atoms with van der Waals surface area (Å²) >= 11 is 0. The van der Waals surface area contributed by atoms with E-state index >= 15 is 0 Å². The molecule has 2 N–H and O–H groups in total. The highest BCUT2D eigenvalue weighted by Crippen LogP contribution is 2.20. The van der Waals surface area contributed by atoms with Gasteiger partial charge in [-0.05, 0) is 46.1 Å². The molecule has 1 saturated carbocycles.